The Kier molecular flexibility index (Phi) is 5.45. The highest BCUT2D eigenvalue weighted by molar-refractivity contribution is 4.78. The molecule has 0 aromatic rings. The minimum atomic E-state index is 0.697. The summed E-state index contributed by atoms with van der Waals surface area (Å²) in [5.74, 6) is 0.810. The minimum Gasteiger partial charge on any atom is -0.381 e. The van der Waals surface area contributed by atoms with E-state index in [1.165, 1.54) is 19.3 Å². The van der Waals surface area contributed by atoms with Crippen LogP contribution in [0, 0.1) is 5.92 Å². The summed E-state index contributed by atoms with van der Waals surface area (Å²) in [6.45, 7) is 2.70. The molecule has 0 aliphatic carbocycles. The van der Waals surface area contributed by atoms with Crippen molar-refractivity contribution < 1.29 is 4.74 Å². The Bertz CT molecular complexity index is 144. The maximum absolute atomic E-state index is 5.56. The minimum absolute atomic E-state index is 0.697. The molecule has 1 saturated heterocycles. The maximum atomic E-state index is 5.56. The van der Waals surface area contributed by atoms with Crippen LogP contribution in [-0.4, -0.2) is 44.8 Å². The van der Waals surface area contributed by atoms with E-state index < -0.39 is 0 Å². The first-order valence-corrected chi connectivity index (χ1v) is 5.70. The molecule has 84 valence electrons. The van der Waals surface area contributed by atoms with E-state index in [2.05, 4.69) is 19.0 Å². The smallest absolute Gasteiger partial charge is 0.0469 e. The molecule has 0 radical (unpaired) electrons. The lowest BCUT2D eigenvalue weighted by molar-refractivity contribution is 0.0344. The van der Waals surface area contributed by atoms with Gasteiger partial charge in [0.2, 0.25) is 0 Å². The lowest BCUT2D eigenvalue weighted by Crippen LogP contribution is -2.38. The standard InChI is InChI=1S/C11H24N2O/c1-13(2)11(4-3-7-12)10-5-8-14-9-6-10/h10-11H,3-9,12H2,1-2H3. The molecule has 1 atom stereocenters. The third kappa shape index (κ3) is 3.56. The van der Waals surface area contributed by atoms with Crippen molar-refractivity contribution in [2.24, 2.45) is 11.7 Å². The Labute approximate surface area is 87.6 Å². The van der Waals surface area contributed by atoms with Crippen LogP contribution in [0.4, 0.5) is 0 Å². The SMILES string of the molecule is CN(C)C(CCCN)C1CCOCC1. The van der Waals surface area contributed by atoms with Gasteiger partial charge in [0.25, 0.3) is 0 Å². The molecule has 1 heterocycles. The van der Waals surface area contributed by atoms with E-state index in [1.807, 2.05) is 0 Å². The fourth-order valence-corrected chi connectivity index (χ4v) is 2.34. The number of ether oxygens (including phenoxy) is 1. The Morgan fingerprint density at radius 3 is 2.50 bits per heavy atom. The highest BCUT2D eigenvalue weighted by Gasteiger charge is 2.24. The van der Waals surface area contributed by atoms with E-state index in [0.717, 1.165) is 32.1 Å². The number of nitrogens with two attached hydrogens (primary N) is 1. The largest absolute Gasteiger partial charge is 0.381 e. The van der Waals surface area contributed by atoms with Gasteiger partial charge in [-0.1, -0.05) is 0 Å². The van der Waals surface area contributed by atoms with Crippen molar-refractivity contribution in [3.63, 3.8) is 0 Å². The van der Waals surface area contributed by atoms with Crippen molar-refractivity contribution in [1.29, 1.82) is 0 Å². The molecule has 2 N–H and O–H groups in total. The van der Waals surface area contributed by atoms with E-state index in [4.69, 9.17) is 10.5 Å². The molecule has 3 heteroatoms. The topological polar surface area (TPSA) is 38.5 Å². The second kappa shape index (κ2) is 6.38. The molecule has 1 rings (SSSR count). The average molecular weight is 200 g/mol. The van der Waals surface area contributed by atoms with Crippen molar-refractivity contribution in [3.8, 4) is 0 Å². The van der Waals surface area contributed by atoms with Crippen LogP contribution in [0.15, 0.2) is 0 Å². The molecule has 1 fully saturated rings. The van der Waals surface area contributed by atoms with Gasteiger partial charge in [0.15, 0.2) is 0 Å². The first-order chi connectivity index (χ1) is 6.75. The summed E-state index contributed by atoms with van der Waals surface area (Å²) >= 11 is 0. The van der Waals surface area contributed by atoms with Gasteiger partial charge in [0.1, 0.15) is 0 Å². The lowest BCUT2D eigenvalue weighted by Gasteiger charge is -2.34. The molecule has 0 bridgehead atoms. The zero-order valence-corrected chi connectivity index (χ0v) is 9.54. The van der Waals surface area contributed by atoms with Crippen LogP contribution in [-0.2, 0) is 4.74 Å². The zero-order chi connectivity index (χ0) is 10.4. The van der Waals surface area contributed by atoms with Crippen LogP contribution in [0.2, 0.25) is 0 Å². The normalized spacial score (nSPS) is 21.4. The van der Waals surface area contributed by atoms with E-state index in [1.54, 1.807) is 0 Å². The average Bonchev–Trinajstić information content (AvgIpc) is 2.19. The van der Waals surface area contributed by atoms with Crippen molar-refractivity contribution in [2.45, 2.75) is 31.7 Å². The van der Waals surface area contributed by atoms with Gasteiger partial charge < -0.3 is 15.4 Å². The van der Waals surface area contributed by atoms with Gasteiger partial charge in [-0.05, 0) is 52.2 Å². The second-order valence-electron chi connectivity index (χ2n) is 4.41. The first-order valence-electron chi connectivity index (χ1n) is 5.70. The van der Waals surface area contributed by atoms with E-state index in [9.17, 15) is 0 Å². The van der Waals surface area contributed by atoms with Gasteiger partial charge >= 0.3 is 0 Å². The summed E-state index contributed by atoms with van der Waals surface area (Å²) < 4.78 is 5.39. The zero-order valence-electron chi connectivity index (χ0n) is 9.54. The molecule has 0 spiro atoms. The summed E-state index contributed by atoms with van der Waals surface area (Å²) in [4.78, 5) is 2.35. The third-order valence-electron chi connectivity index (χ3n) is 3.18. The van der Waals surface area contributed by atoms with Gasteiger partial charge in [-0.3, -0.25) is 0 Å². The predicted octanol–water partition coefficient (Wildman–Crippen LogP) is 1.08. The molecular formula is C11H24N2O. The second-order valence-corrected chi connectivity index (χ2v) is 4.41. The Balaban J connectivity index is 2.39. The van der Waals surface area contributed by atoms with Crippen molar-refractivity contribution in [2.75, 3.05) is 33.9 Å². The van der Waals surface area contributed by atoms with Crippen LogP contribution in [0.25, 0.3) is 0 Å². The predicted molar refractivity (Wildman–Crippen MR) is 59.3 cm³/mol. The number of hydrogen-bond acceptors (Lipinski definition) is 3. The molecule has 1 unspecified atom stereocenters. The van der Waals surface area contributed by atoms with Gasteiger partial charge in [0, 0.05) is 19.3 Å². The number of rotatable bonds is 5. The van der Waals surface area contributed by atoms with Crippen molar-refractivity contribution in [3.05, 3.63) is 0 Å². The molecule has 1 aliphatic rings. The molecule has 14 heavy (non-hydrogen) atoms. The van der Waals surface area contributed by atoms with Gasteiger partial charge in [0.05, 0.1) is 0 Å². The van der Waals surface area contributed by atoms with Gasteiger partial charge in [-0.2, -0.15) is 0 Å². The summed E-state index contributed by atoms with van der Waals surface area (Å²) in [7, 11) is 4.35. The maximum Gasteiger partial charge on any atom is 0.0469 e. The summed E-state index contributed by atoms with van der Waals surface area (Å²) in [6.07, 6.45) is 4.80. The molecule has 3 nitrogen and oxygen atoms in total. The highest BCUT2D eigenvalue weighted by Crippen LogP contribution is 2.24. The third-order valence-corrected chi connectivity index (χ3v) is 3.18. The fourth-order valence-electron chi connectivity index (χ4n) is 2.34. The summed E-state index contributed by atoms with van der Waals surface area (Å²) in [6, 6.07) is 0.697. The Morgan fingerprint density at radius 1 is 1.36 bits per heavy atom. The molecule has 0 aromatic carbocycles. The quantitative estimate of drug-likeness (QED) is 0.722. The highest BCUT2D eigenvalue weighted by atomic mass is 16.5. The van der Waals surface area contributed by atoms with Crippen LogP contribution in [0.1, 0.15) is 25.7 Å². The van der Waals surface area contributed by atoms with Gasteiger partial charge in [-0.25, -0.2) is 0 Å². The van der Waals surface area contributed by atoms with E-state index >= 15 is 0 Å². The fraction of sp³-hybridized carbons (Fsp3) is 1.00. The van der Waals surface area contributed by atoms with Crippen molar-refractivity contribution in [1.82, 2.24) is 4.90 Å². The monoisotopic (exact) mass is 200 g/mol. The van der Waals surface area contributed by atoms with Crippen LogP contribution in [0.3, 0.4) is 0 Å². The van der Waals surface area contributed by atoms with Crippen LogP contribution in [0.5, 0.6) is 0 Å². The lowest BCUT2D eigenvalue weighted by atomic mass is 9.88. The molecule has 1 aliphatic heterocycles. The van der Waals surface area contributed by atoms with Gasteiger partial charge in [-0.15, -0.1) is 0 Å². The summed E-state index contributed by atoms with van der Waals surface area (Å²) in [5, 5.41) is 0. The molecule has 0 aromatic heterocycles. The summed E-state index contributed by atoms with van der Waals surface area (Å²) in [5.41, 5.74) is 5.56. The Hall–Kier alpha value is -0.120. The molecule has 0 amide bonds. The van der Waals surface area contributed by atoms with E-state index in [0.29, 0.717) is 6.04 Å². The van der Waals surface area contributed by atoms with E-state index in [-0.39, 0.29) is 0 Å². The van der Waals surface area contributed by atoms with Crippen LogP contribution < -0.4 is 5.73 Å². The number of nitrogens with zero attached hydrogens (tertiary/aromatic N) is 1. The van der Waals surface area contributed by atoms with Crippen LogP contribution >= 0.6 is 0 Å². The Morgan fingerprint density at radius 2 is 2.00 bits per heavy atom. The molecule has 0 saturated carbocycles. The molecular weight excluding hydrogens is 176 g/mol. The number of hydrogen-bond donors (Lipinski definition) is 1. The first kappa shape index (κ1) is 12.0. The van der Waals surface area contributed by atoms with Crippen molar-refractivity contribution >= 4 is 0 Å².